The van der Waals surface area contributed by atoms with Gasteiger partial charge >= 0.3 is 5.97 Å². The third-order valence-electron chi connectivity index (χ3n) is 6.81. The summed E-state index contributed by atoms with van der Waals surface area (Å²) in [5, 5.41) is 0. The van der Waals surface area contributed by atoms with Gasteiger partial charge in [-0.1, -0.05) is 32.0 Å². The average molecular weight is 330 g/mol. The van der Waals surface area contributed by atoms with E-state index in [1.165, 1.54) is 6.92 Å². The minimum absolute atomic E-state index is 0.0629. The quantitative estimate of drug-likeness (QED) is 0.775. The Labute approximate surface area is 143 Å². The lowest BCUT2D eigenvalue weighted by Crippen LogP contribution is -2.66. The summed E-state index contributed by atoms with van der Waals surface area (Å²) in [6, 6.07) is 8.23. The minimum atomic E-state index is -0.238. The summed E-state index contributed by atoms with van der Waals surface area (Å²) >= 11 is 0. The fraction of sp³-hybridized carbons (Fsp3) is 0.650. The average Bonchev–Trinajstić information content (AvgIpc) is 2.52. The molecule has 4 rings (SSSR count). The first-order valence-electron chi connectivity index (χ1n) is 8.90. The summed E-state index contributed by atoms with van der Waals surface area (Å²) < 4.78 is 18.4. The lowest BCUT2D eigenvalue weighted by atomic mass is 9.50. The van der Waals surface area contributed by atoms with Crippen molar-refractivity contribution in [1.82, 2.24) is 0 Å². The van der Waals surface area contributed by atoms with Gasteiger partial charge < -0.3 is 14.2 Å². The van der Waals surface area contributed by atoms with Gasteiger partial charge in [0.25, 0.3) is 0 Å². The zero-order chi connectivity index (χ0) is 17.1. The zero-order valence-electron chi connectivity index (χ0n) is 14.9. The van der Waals surface area contributed by atoms with Gasteiger partial charge in [0.1, 0.15) is 11.4 Å². The van der Waals surface area contributed by atoms with Crippen LogP contribution >= 0.6 is 0 Å². The Bertz CT molecular complexity index is 671. The van der Waals surface area contributed by atoms with Crippen molar-refractivity contribution in [2.24, 2.45) is 23.2 Å². The molecule has 130 valence electrons. The summed E-state index contributed by atoms with van der Waals surface area (Å²) in [7, 11) is 0. The first-order chi connectivity index (χ1) is 11.4. The summed E-state index contributed by atoms with van der Waals surface area (Å²) in [5.41, 5.74) is 0.794. The third kappa shape index (κ3) is 2.05. The Morgan fingerprint density at radius 1 is 1.33 bits per heavy atom. The van der Waals surface area contributed by atoms with Crippen LogP contribution in [0.25, 0.3) is 0 Å². The van der Waals surface area contributed by atoms with Crippen LogP contribution < -0.4 is 4.74 Å². The highest BCUT2D eigenvalue weighted by molar-refractivity contribution is 5.65. The van der Waals surface area contributed by atoms with Gasteiger partial charge in [-0.3, -0.25) is 4.79 Å². The molecule has 2 fully saturated rings. The second-order valence-electron chi connectivity index (χ2n) is 8.12. The van der Waals surface area contributed by atoms with Gasteiger partial charge in [-0.25, -0.2) is 0 Å². The number of benzene rings is 1. The number of esters is 1. The van der Waals surface area contributed by atoms with Crippen LogP contribution in [-0.4, -0.2) is 24.8 Å². The molecule has 0 spiro atoms. The van der Waals surface area contributed by atoms with Gasteiger partial charge in [-0.15, -0.1) is 0 Å². The first-order valence-corrected chi connectivity index (χ1v) is 8.90. The Hall–Kier alpha value is -1.55. The van der Waals surface area contributed by atoms with E-state index >= 15 is 0 Å². The number of ether oxygens (including phenoxy) is 3. The van der Waals surface area contributed by atoms with Gasteiger partial charge in [0.2, 0.25) is 0 Å². The van der Waals surface area contributed by atoms with E-state index in [-0.39, 0.29) is 29.0 Å². The van der Waals surface area contributed by atoms with Crippen LogP contribution in [0.5, 0.6) is 5.75 Å². The van der Waals surface area contributed by atoms with Crippen LogP contribution in [0.15, 0.2) is 24.3 Å². The number of rotatable bonds is 2. The highest BCUT2D eigenvalue weighted by Gasteiger charge is 2.64. The molecular weight excluding hydrogens is 304 g/mol. The Balaban J connectivity index is 1.76. The van der Waals surface area contributed by atoms with Crippen molar-refractivity contribution in [2.45, 2.75) is 45.8 Å². The maximum Gasteiger partial charge on any atom is 0.302 e. The molecule has 3 aliphatic rings. The van der Waals surface area contributed by atoms with Crippen molar-refractivity contribution >= 4 is 5.97 Å². The lowest BCUT2D eigenvalue weighted by Gasteiger charge is -2.63. The van der Waals surface area contributed by atoms with Crippen molar-refractivity contribution < 1.29 is 19.0 Å². The standard InChI is InChI=1S/C20H26O4/c1-12-9-19(4)17-13(2)20(12,10-22-14(3)21)11-23-18(17)15-7-5-6-8-16(15)24-19/h5-8,12-13,17-18H,9-11H2,1-4H3/t12-,13+,17+,18+,19+,20-/m0/s1. The molecule has 4 heteroatoms. The normalized spacial score (nSPS) is 42.7. The molecule has 2 heterocycles. The molecule has 1 aromatic rings. The molecule has 0 N–H and O–H groups in total. The molecule has 6 atom stereocenters. The SMILES string of the molecule is CC(=O)OC[C@]12CO[C@@H]3c4ccccc4O[C@](C)(C[C@@H]1C)[C@@H]3[C@H]2C. The fourth-order valence-corrected chi connectivity index (χ4v) is 5.49. The van der Waals surface area contributed by atoms with Crippen LogP contribution in [0, 0.1) is 23.2 Å². The second kappa shape index (κ2) is 5.22. The molecule has 4 nitrogen and oxygen atoms in total. The topological polar surface area (TPSA) is 44.8 Å². The number of carbonyl (C=O) groups excluding carboxylic acids is 1. The molecular formula is C20H26O4. The summed E-state index contributed by atoms with van der Waals surface area (Å²) in [6.45, 7) is 9.30. The Morgan fingerprint density at radius 2 is 2.08 bits per heavy atom. The van der Waals surface area contributed by atoms with E-state index in [1.54, 1.807) is 0 Å². The molecule has 24 heavy (non-hydrogen) atoms. The van der Waals surface area contributed by atoms with Gasteiger partial charge in [0.15, 0.2) is 0 Å². The van der Waals surface area contributed by atoms with Crippen molar-refractivity contribution in [1.29, 1.82) is 0 Å². The van der Waals surface area contributed by atoms with E-state index in [1.807, 2.05) is 18.2 Å². The van der Waals surface area contributed by atoms with E-state index in [4.69, 9.17) is 14.2 Å². The Morgan fingerprint density at radius 3 is 2.83 bits per heavy atom. The van der Waals surface area contributed by atoms with Crippen LogP contribution in [-0.2, 0) is 14.3 Å². The summed E-state index contributed by atoms with van der Waals surface area (Å²) in [4.78, 5) is 11.4. The van der Waals surface area contributed by atoms with Crippen molar-refractivity contribution in [3.63, 3.8) is 0 Å². The molecule has 2 bridgehead atoms. The molecule has 2 aliphatic heterocycles. The zero-order valence-corrected chi connectivity index (χ0v) is 14.9. The van der Waals surface area contributed by atoms with Gasteiger partial charge in [0, 0.05) is 23.8 Å². The molecule has 0 unspecified atom stereocenters. The predicted octanol–water partition coefficient (Wildman–Crippen LogP) is 3.75. The van der Waals surface area contributed by atoms with Crippen molar-refractivity contribution in [3.8, 4) is 5.75 Å². The molecule has 1 aliphatic carbocycles. The highest BCUT2D eigenvalue weighted by Crippen LogP contribution is 2.63. The van der Waals surface area contributed by atoms with E-state index in [0.29, 0.717) is 25.0 Å². The molecule has 0 amide bonds. The van der Waals surface area contributed by atoms with E-state index < -0.39 is 0 Å². The Kier molecular flexibility index (Phi) is 3.47. The summed E-state index contributed by atoms with van der Waals surface area (Å²) in [5.74, 6) is 1.73. The third-order valence-corrected chi connectivity index (χ3v) is 6.81. The highest BCUT2D eigenvalue weighted by atomic mass is 16.5. The molecule has 1 aromatic carbocycles. The van der Waals surface area contributed by atoms with Crippen LogP contribution in [0.3, 0.4) is 0 Å². The monoisotopic (exact) mass is 330 g/mol. The van der Waals surface area contributed by atoms with E-state index in [0.717, 1.165) is 17.7 Å². The number of carbonyl (C=O) groups is 1. The van der Waals surface area contributed by atoms with Crippen molar-refractivity contribution in [3.05, 3.63) is 29.8 Å². The van der Waals surface area contributed by atoms with E-state index in [2.05, 4.69) is 26.8 Å². The first kappa shape index (κ1) is 15.9. The maximum absolute atomic E-state index is 11.4. The van der Waals surface area contributed by atoms with Gasteiger partial charge in [-0.05, 0) is 31.2 Å². The number of fused-ring (bicyclic) bond motifs is 3. The number of hydrogen-bond donors (Lipinski definition) is 0. The number of hydrogen-bond acceptors (Lipinski definition) is 4. The van der Waals surface area contributed by atoms with Crippen LogP contribution in [0.2, 0.25) is 0 Å². The second-order valence-corrected chi connectivity index (χ2v) is 8.12. The molecule has 1 saturated heterocycles. The largest absolute Gasteiger partial charge is 0.487 e. The predicted molar refractivity (Wildman–Crippen MR) is 89.7 cm³/mol. The van der Waals surface area contributed by atoms with Gasteiger partial charge in [-0.2, -0.15) is 0 Å². The smallest absolute Gasteiger partial charge is 0.302 e. The van der Waals surface area contributed by atoms with E-state index in [9.17, 15) is 4.79 Å². The number of para-hydroxylation sites is 1. The van der Waals surface area contributed by atoms with Crippen molar-refractivity contribution in [2.75, 3.05) is 13.2 Å². The molecule has 0 aromatic heterocycles. The van der Waals surface area contributed by atoms with Gasteiger partial charge in [0.05, 0.1) is 19.3 Å². The lowest BCUT2D eigenvalue weighted by molar-refractivity contribution is -0.261. The minimum Gasteiger partial charge on any atom is -0.487 e. The molecule has 1 saturated carbocycles. The van der Waals surface area contributed by atoms with Crippen LogP contribution in [0.1, 0.15) is 45.8 Å². The summed E-state index contributed by atoms with van der Waals surface area (Å²) in [6.07, 6.45) is 1.02. The van der Waals surface area contributed by atoms with Crippen LogP contribution in [0.4, 0.5) is 0 Å². The fourth-order valence-electron chi connectivity index (χ4n) is 5.49. The maximum atomic E-state index is 11.4. The molecule has 0 radical (unpaired) electrons.